The number of carbonyl (C=O) groups excluding carboxylic acids is 2. The van der Waals surface area contributed by atoms with Gasteiger partial charge in [0.25, 0.3) is 11.8 Å². The number of thiophene rings is 1. The van der Waals surface area contributed by atoms with Crippen molar-refractivity contribution in [1.29, 1.82) is 0 Å². The Morgan fingerprint density at radius 2 is 1.94 bits per heavy atom. The predicted molar refractivity (Wildman–Crippen MR) is 142 cm³/mol. The summed E-state index contributed by atoms with van der Waals surface area (Å²) in [6.07, 6.45) is -0.606. The van der Waals surface area contributed by atoms with Crippen LogP contribution in [0.1, 0.15) is 37.2 Å². The van der Waals surface area contributed by atoms with Crippen molar-refractivity contribution in [3.63, 3.8) is 0 Å². The van der Waals surface area contributed by atoms with E-state index in [1.165, 1.54) is 5.56 Å². The molecular formula is C26H25N5O2S2. The maximum absolute atomic E-state index is 13.6. The number of hydrogen-bond acceptors (Lipinski definition) is 7. The molecular weight excluding hydrogens is 478 g/mol. The maximum Gasteiger partial charge on any atom is 0.269 e. The first kappa shape index (κ1) is 22.2. The van der Waals surface area contributed by atoms with Gasteiger partial charge in [0.2, 0.25) is 6.17 Å². The number of aryl methyl sites for hydroxylation is 2. The lowest BCUT2D eigenvalue weighted by atomic mass is 10.0. The molecule has 0 saturated carbocycles. The Balaban J connectivity index is 1.32. The molecule has 2 aromatic carbocycles. The lowest BCUT2D eigenvalue weighted by Crippen LogP contribution is -2.52. The van der Waals surface area contributed by atoms with Gasteiger partial charge in [-0.05, 0) is 54.1 Å². The molecule has 3 aromatic rings. The number of amides is 2. The molecule has 4 heterocycles. The lowest BCUT2D eigenvalue weighted by molar-refractivity contribution is -0.117. The lowest BCUT2D eigenvalue weighted by Gasteiger charge is -2.35. The summed E-state index contributed by atoms with van der Waals surface area (Å²) in [4.78, 5) is 31.5. The van der Waals surface area contributed by atoms with Gasteiger partial charge in [-0.25, -0.2) is 0 Å². The van der Waals surface area contributed by atoms with Crippen LogP contribution >= 0.6 is 23.1 Å². The minimum atomic E-state index is -0.606. The number of carbonyl (C=O) groups is 2. The molecule has 178 valence electrons. The summed E-state index contributed by atoms with van der Waals surface area (Å²) < 4.78 is 0. The highest BCUT2D eigenvalue weighted by molar-refractivity contribution is 7.99. The third-order valence-corrected chi connectivity index (χ3v) is 8.96. The highest BCUT2D eigenvalue weighted by atomic mass is 32.2. The smallest absolute Gasteiger partial charge is 0.269 e. The summed E-state index contributed by atoms with van der Waals surface area (Å²) in [5, 5.41) is 9.77. The van der Waals surface area contributed by atoms with Crippen LogP contribution in [0.5, 0.6) is 0 Å². The van der Waals surface area contributed by atoms with Gasteiger partial charge >= 0.3 is 0 Å². The monoisotopic (exact) mass is 503 g/mol. The highest BCUT2D eigenvalue weighted by Gasteiger charge is 2.41. The number of anilines is 2. The first-order valence-corrected chi connectivity index (χ1v) is 13.5. The van der Waals surface area contributed by atoms with Crippen LogP contribution in [0, 0.1) is 13.8 Å². The van der Waals surface area contributed by atoms with E-state index in [-0.39, 0.29) is 17.1 Å². The van der Waals surface area contributed by atoms with E-state index in [4.69, 9.17) is 0 Å². The van der Waals surface area contributed by atoms with E-state index >= 15 is 0 Å². The zero-order valence-corrected chi connectivity index (χ0v) is 21.1. The van der Waals surface area contributed by atoms with Crippen molar-refractivity contribution >= 4 is 52.1 Å². The van der Waals surface area contributed by atoms with Crippen molar-refractivity contribution in [2.75, 3.05) is 29.1 Å². The number of nitrogens with one attached hydrogen (secondary N) is 2. The molecule has 2 amide bonds. The molecule has 3 aliphatic rings. The van der Waals surface area contributed by atoms with E-state index in [2.05, 4.69) is 28.0 Å². The van der Waals surface area contributed by atoms with Crippen molar-refractivity contribution < 1.29 is 9.59 Å². The number of thioether (sulfide) groups is 1. The maximum atomic E-state index is 13.6. The van der Waals surface area contributed by atoms with Crippen LogP contribution in [0.4, 0.5) is 11.4 Å². The van der Waals surface area contributed by atoms with E-state index in [9.17, 15) is 9.59 Å². The predicted octanol–water partition coefficient (Wildman–Crippen LogP) is 4.34. The molecule has 1 aromatic heterocycles. The van der Waals surface area contributed by atoms with Crippen molar-refractivity contribution in [1.82, 2.24) is 10.3 Å². The SMILES string of the molecule is Cc1cc2c(cc1C(=O)N1CCSC(c3ccccc3)C1)NC(=O)C1NN=C(c3sccc3C)N21. The fourth-order valence-electron chi connectivity index (χ4n) is 4.84. The Labute approximate surface area is 212 Å². The Kier molecular flexibility index (Phi) is 5.53. The van der Waals surface area contributed by atoms with Crippen molar-refractivity contribution in [2.45, 2.75) is 25.3 Å². The molecule has 0 spiro atoms. The third-order valence-electron chi connectivity index (χ3n) is 6.71. The number of benzene rings is 2. The molecule has 2 atom stereocenters. The number of rotatable bonds is 3. The Hall–Kier alpha value is -3.30. The molecule has 35 heavy (non-hydrogen) atoms. The third kappa shape index (κ3) is 3.79. The van der Waals surface area contributed by atoms with Crippen LogP contribution < -0.4 is 15.6 Å². The van der Waals surface area contributed by atoms with Crippen molar-refractivity contribution in [3.8, 4) is 0 Å². The van der Waals surface area contributed by atoms with Gasteiger partial charge in [0.1, 0.15) is 0 Å². The highest BCUT2D eigenvalue weighted by Crippen LogP contribution is 2.39. The van der Waals surface area contributed by atoms with Crippen LogP contribution in [0.2, 0.25) is 0 Å². The molecule has 6 rings (SSSR count). The number of amidine groups is 1. The van der Waals surface area contributed by atoms with Crippen LogP contribution in [0.3, 0.4) is 0 Å². The largest absolute Gasteiger partial charge is 0.336 e. The summed E-state index contributed by atoms with van der Waals surface area (Å²) in [5.41, 5.74) is 8.32. The molecule has 0 bridgehead atoms. The van der Waals surface area contributed by atoms with Crippen LogP contribution in [-0.4, -0.2) is 47.6 Å². The van der Waals surface area contributed by atoms with Crippen LogP contribution in [0.15, 0.2) is 59.0 Å². The number of nitrogens with zero attached hydrogens (tertiary/aromatic N) is 3. The number of fused-ring (bicyclic) bond motifs is 3. The van der Waals surface area contributed by atoms with Gasteiger partial charge in [-0.15, -0.1) is 11.3 Å². The molecule has 2 N–H and O–H groups in total. The average Bonchev–Trinajstić information content (AvgIpc) is 3.51. The van der Waals surface area contributed by atoms with Gasteiger partial charge < -0.3 is 10.2 Å². The van der Waals surface area contributed by atoms with E-state index in [0.717, 1.165) is 33.3 Å². The van der Waals surface area contributed by atoms with E-state index < -0.39 is 6.17 Å². The molecule has 0 aliphatic carbocycles. The van der Waals surface area contributed by atoms with E-state index in [0.29, 0.717) is 24.3 Å². The summed E-state index contributed by atoms with van der Waals surface area (Å²) in [7, 11) is 0. The van der Waals surface area contributed by atoms with Gasteiger partial charge in [-0.1, -0.05) is 30.3 Å². The van der Waals surface area contributed by atoms with Gasteiger partial charge in [-0.2, -0.15) is 16.9 Å². The summed E-state index contributed by atoms with van der Waals surface area (Å²) in [6, 6.07) is 16.2. The second-order valence-corrected chi connectivity index (χ2v) is 11.2. The summed E-state index contributed by atoms with van der Waals surface area (Å²) in [6.45, 7) is 5.38. The first-order chi connectivity index (χ1) is 17.0. The van der Waals surface area contributed by atoms with Crippen molar-refractivity contribution in [2.24, 2.45) is 5.10 Å². The molecule has 2 unspecified atom stereocenters. The van der Waals surface area contributed by atoms with Crippen molar-refractivity contribution in [3.05, 3.63) is 81.0 Å². The second-order valence-electron chi connectivity index (χ2n) is 8.96. The van der Waals surface area contributed by atoms with Gasteiger partial charge in [0, 0.05) is 29.7 Å². The Bertz CT molecular complexity index is 1350. The standard InChI is InChI=1S/C26H25N5O2S2/c1-15-8-10-35-22(15)23-28-29-24-25(32)27-19-13-18(16(2)12-20(19)31(23)24)26(33)30-9-11-34-21(14-30)17-6-4-3-5-7-17/h3-8,10,12-13,21,24,29H,9,11,14H2,1-2H3,(H,27,32). The molecule has 7 nitrogen and oxygen atoms in total. The zero-order valence-electron chi connectivity index (χ0n) is 19.4. The molecule has 1 fully saturated rings. The molecule has 0 radical (unpaired) electrons. The molecule has 3 aliphatic heterocycles. The quantitative estimate of drug-likeness (QED) is 0.556. The number of hydrazone groups is 1. The Morgan fingerprint density at radius 1 is 1.11 bits per heavy atom. The Morgan fingerprint density at radius 3 is 2.71 bits per heavy atom. The number of hydrogen-bond donors (Lipinski definition) is 2. The first-order valence-electron chi connectivity index (χ1n) is 11.6. The van der Waals surface area contributed by atoms with E-state index in [1.54, 1.807) is 11.3 Å². The van der Waals surface area contributed by atoms with Gasteiger partial charge in [0.05, 0.1) is 16.3 Å². The van der Waals surface area contributed by atoms with Gasteiger partial charge in [-0.3, -0.25) is 19.9 Å². The van der Waals surface area contributed by atoms with Crippen LogP contribution in [-0.2, 0) is 4.79 Å². The van der Waals surface area contributed by atoms with E-state index in [1.807, 2.05) is 77.2 Å². The second kappa shape index (κ2) is 8.73. The van der Waals surface area contributed by atoms with Crippen LogP contribution in [0.25, 0.3) is 0 Å². The topological polar surface area (TPSA) is 77.0 Å². The molecule has 9 heteroatoms. The summed E-state index contributed by atoms with van der Waals surface area (Å²) >= 11 is 3.49. The minimum absolute atomic E-state index is 0.00504. The fourth-order valence-corrected chi connectivity index (χ4v) is 7.00. The van der Waals surface area contributed by atoms with Gasteiger partial charge in [0.15, 0.2) is 5.84 Å². The zero-order chi connectivity index (χ0) is 24.1. The molecule has 1 saturated heterocycles. The summed E-state index contributed by atoms with van der Waals surface area (Å²) in [5.74, 6) is 1.44. The average molecular weight is 504 g/mol. The normalized spacial score (nSPS) is 21.1. The minimum Gasteiger partial charge on any atom is -0.336 e. The fraction of sp³-hybridized carbons (Fsp3) is 0.269.